The lowest BCUT2D eigenvalue weighted by atomic mass is 9.89. The molecule has 3 rings (SSSR count). The first-order valence-electron chi connectivity index (χ1n) is 7.16. The molecule has 20 heavy (non-hydrogen) atoms. The molecule has 3 nitrogen and oxygen atoms in total. The maximum absolute atomic E-state index is 11.2. The quantitative estimate of drug-likeness (QED) is 0.771. The van der Waals surface area contributed by atoms with Crippen molar-refractivity contribution in [3.63, 3.8) is 0 Å². The van der Waals surface area contributed by atoms with Gasteiger partial charge in [0.25, 0.3) is 0 Å². The SMILES string of the molecule is COc1cc(Cl)cc(C=O)c1OCC1CC2CCC1C2. The summed E-state index contributed by atoms with van der Waals surface area (Å²) in [5.41, 5.74) is 0.456. The summed E-state index contributed by atoms with van der Waals surface area (Å²) in [5.74, 6) is 3.37. The van der Waals surface area contributed by atoms with Crippen molar-refractivity contribution in [2.24, 2.45) is 17.8 Å². The molecule has 3 atom stereocenters. The van der Waals surface area contributed by atoms with E-state index in [-0.39, 0.29) is 0 Å². The van der Waals surface area contributed by atoms with Crippen molar-refractivity contribution >= 4 is 17.9 Å². The van der Waals surface area contributed by atoms with E-state index >= 15 is 0 Å². The highest BCUT2D eigenvalue weighted by Gasteiger charge is 2.39. The van der Waals surface area contributed by atoms with Crippen LogP contribution in [0.2, 0.25) is 5.02 Å². The largest absolute Gasteiger partial charge is 0.493 e. The van der Waals surface area contributed by atoms with Crippen molar-refractivity contribution in [3.05, 3.63) is 22.7 Å². The standard InChI is InChI=1S/C16H19ClO3/c1-19-15-7-14(17)6-12(8-18)16(15)20-9-13-5-10-2-3-11(13)4-10/h6-8,10-11,13H,2-5,9H2,1H3. The molecule has 0 aromatic heterocycles. The molecule has 2 aliphatic carbocycles. The number of rotatable bonds is 5. The van der Waals surface area contributed by atoms with Crippen LogP contribution in [0.5, 0.6) is 11.5 Å². The van der Waals surface area contributed by atoms with Gasteiger partial charge in [0.2, 0.25) is 0 Å². The molecule has 0 aliphatic heterocycles. The molecule has 4 heteroatoms. The average Bonchev–Trinajstić information content (AvgIpc) is 3.07. The molecule has 2 saturated carbocycles. The number of fused-ring (bicyclic) bond motifs is 2. The van der Waals surface area contributed by atoms with Gasteiger partial charge >= 0.3 is 0 Å². The van der Waals surface area contributed by atoms with Crippen molar-refractivity contribution in [2.75, 3.05) is 13.7 Å². The fourth-order valence-corrected chi connectivity index (χ4v) is 3.97. The van der Waals surface area contributed by atoms with Crippen molar-refractivity contribution in [1.29, 1.82) is 0 Å². The molecule has 2 bridgehead atoms. The van der Waals surface area contributed by atoms with Crippen LogP contribution in [0.3, 0.4) is 0 Å². The second-order valence-electron chi connectivity index (χ2n) is 5.89. The van der Waals surface area contributed by atoms with Crippen LogP contribution in [0.15, 0.2) is 12.1 Å². The van der Waals surface area contributed by atoms with Crippen molar-refractivity contribution in [1.82, 2.24) is 0 Å². The first kappa shape index (κ1) is 13.7. The fourth-order valence-electron chi connectivity index (χ4n) is 3.75. The third-order valence-corrected chi connectivity index (χ3v) is 4.94. The third-order valence-electron chi connectivity index (χ3n) is 4.72. The summed E-state index contributed by atoms with van der Waals surface area (Å²) in [7, 11) is 1.56. The van der Waals surface area contributed by atoms with Gasteiger partial charge in [0, 0.05) is 11.1 Å². The highest BCUT2D eigenvalue weighted by Crippen LogP contribution is 2.48. The van der Waals surface area contributed by atoms with E-state index in [0.717, 1.165) is 18.1 Å². The summed E-state index contributed by atoms with van der Waals surface area (Å²) in [6, 6.07) is 3.30. The molecule has 2 fully saturated rings. The number of ether oxygens (including phenoxy) is 2. The third kappa shape index (κ3) is 2.51. The normalized spacial score (nSPS) is 27.6. The Balaban J connectivity index is 1.74. The molecule has 2 aliphatic rings. The molecule has 0 saturated heterocycles. The summed E-state index contributed by atoms with van der Waals surface area (Å²) in [6.07, 6.45) is 6.09. The Labute approximate surface area is 124 Å². The van der Waals surface area contributed by atoms with Gasteiger partial charge in [0.05, 0.1) is 19.3 Å². The number of methoxy groups -OCH3 is 1. The van der Waals surface area contributed by atoms with Crippen molar-refractivity contribution < 1.29 is 14.3 Å². The van der Waals surface area contributed by atoms with Gasteiger partial charge in [0.1, 0.15) is 0 Å². The van der Waals surface area contributed by atoms with Crippen molar-refractivity contribution in [3.8, 4) is 11.5 Å². The van der Waals surface area contributed by atoms with Crippen LogP contribution in [0.25, 0.3) is 0 Å². The van der Waals surface area contributed by atoms with Gasteiger partial charge in [-0.05, 0) is 43.1 Å². The summed E-state index contributed by atoms with van der Waals surface area (Å²) < 4.78 is 11.2. The van der Waals surface area contributed by atoms with E-state index in [2.05, 4.69) is 0 Å². The Bertz CT molecular complexity index is 515. The molecular weight excluding hydrogens is 276 g/mol. The number of aldehydes is 1. The molecule has 0 spiro atoms. The molecule has 0 N–H and O–H groups in total. The smallest absolute Gasteiger partial charge is 0.171 e. The molecule has 0 radical (unpaired) electrons. The molecular formula is C16H19ClO3. The predicted octanol–water partition coefficient (Wildman–Crippen LogP) is 3.98. The Morgan fingerprint density at radius 2 is 2.20 bits per heavy atom. The predicted molar refractivity (Wildman–Crippen MR) is 77.8 cm³/mol. The van der Waals surface area contributed by atoms with E-state index in [4.69, 9.17) is 21.1 Å². The summed E-state index contributed by atoms with van der Waals surface area (Å²) in [4.78, 5) is 11.2. The van der Waals surface area contributed by atoms with Gasteiger partial charge in [-0.15, -0.1) is 0 Å². The minimum Gasteiger partial charge on any atom is -0.493 e. The molecule has 1 aromatic carbocycles. The van der Waals surface area contributed by atoms with Gasteiger partial charge in [-0.3, -0.25) is 4.79 Å². The monoisotopic (exact) mass is 294 g/mol. The van der Waals surface area contributed by atoms with Gasteiger partial charge in [-0.2, -0.15) is 0 Å². The zero-order chi connectivity index (χ0) is 14.1. The topological polar surface area (TPSA) is 35.5 Å². The lowest BCUT2D eigenvalue weighted by Gasteiger charge is -2.23. The maximum atomic E-state index is 11.2. The fraction of sp³-hybridized carbons (Fsp3) is 0.562. The first-order chi connectivity index (χ1) is 9.71. The van der Waals surface area contributed by atoms with Crippen molar-refractivity contribution in [2.45, 2.75) is 25.7 Å². The van der Waals surface area contributed by atoms with Gasteiger partial charge < -0.3 is 9.47 Å². The molecule has 108 valence electrons. The van der Waals surface area contributed by atoms with Crippen LogP contribution >= 0.6 is 11.6 Å². The average molecular weight is 295 g/mol. The highest BCUT2D eigenvalue weighted by molar-refractivity contribution is 6.31. The second kappa shape index (κ2) is 5.65. The van der Waals surface area contributed by atoms with Crippen LogP contribution in [0.1, 0.15) is 36.0 Å². The number of hydrogen-bond acceptors (Lipinski definition) is 3. The van der Waals surface area contributed by atoms with E-state index in [0.29, 0.717) is 34.6 Å². The van der Waals surface area contributed by atoms with E-state index in [1.54, 1.807) is 19.2 Å². The molecule has 1 aromatic rings. The number of halogens is 1. The molecule has 0 heterocycles. The summed E-state index contributed by atoms with van der Waals surface area (Å²) in [6.45, 7) is 0.667. The van der Waals surface area contributed by atoms with E-state index < -0.39 is 0 Å². The number of carbonyl (C=O) groups is 1. The molecule has 0 amide bonds. The van der Waals surface area contributed by atoms with E-state index in [1.807, 2.05) is 0 Å². The Kier molecular flexibility index (Phi) is 3.88. The maximum Gasteiger partial charge on any atom is 0.171 e. The number of hydrogen-bond donors (Lipinski definition) is 0. The summed E-state index contributed by atoms with van der Waals surface area (Å²) in [5, 5.41) is 0.483. The Morgan fingerprint density at radius 3 is 2.80 bits per heavy atom. The summed E-state index contributed by atoms with van der Waals surface area (Å²) >= 11 is 5.96. The van der Waals surface area contributed by atoms with Gasteiger partial charge in [-0.25, -0.2) is 0 Å². The van der Waals surface area contributed by atoms with Crippen LogP contribution < -0.4 is 9.47 Å². The lowest BCUT2D eigenvalue weighted by Crippen LogP contribution is -2.19. The number of benzene rings is 1. The first-order valence-corrected chi connectivity index (χ1v) is 7.54. The minimum absolute atomic E-state index is 0.456. The van der Waals surface area contributed by atoms with Gasteiger partial charge in [0.15, 0.2) is 17.8 Å². The minimum atomic E-state index is 0.456. The van der Waals surface area contributed by atoms with Crippen LogP contribution in [0.4, 0.5) is 0 Å². The van der Waals surface area contributed by atoms with Gasteiger partial charge in [-0.1, -0.05) is 18.0 Å². The molecule has 3 unspecified atom stereocenters. The van der Waals surface area contributed by atoms with Crippen LogP contribution in [-0.2, 0) is 0 Å². The van der Waals surface area contributed by atoms with Crippen LogP contribution in [-0.4, -0.2) is 20.0 Å². The number of carbonyl (C=O) groups excluding carboxylic acids is 1. The van der Waals surface area contributed by atoms with E-state index in [9.17, 15) is 4.79 Å². The Morgan fingerprint density at radius 1 is 1.35 bits per heavy atom. The van der Waals surface area contributed by atoms with Crippen LogP contribution in [0, 0.1) is 17.8 Å². The highest BCUT2D eigenvalue weighted by atomic mass is 35.5. The Hall–Kier alpha value is -1.22. The second-order valence-corrected chi connectivity index (χ2v) is 6.33. The zero-order valence-electron chi connectivity index (χ0n) is 11.6. The van der Waals surface area contributed by atoms with E-state index in [1.165, 1.54) is 25.7 Å². The lowest BCUT2D eigenvalue weighted by molar-refractivity contribution is 0.111. The zero-order valence-corrected chi connectivity index (χ0v) is 12.4.